The van der Waals surface area contributed by atoms with Crippen molar-refractivity contribution in [3.05, 3.63) is 109 Å². The second-order valence-electron chi connectivity index (χ2n) is 23.0. The van der Waals surface area contributed by atoms with Gasteiger partial charge >= 0.3 is 17.9 Å². The predicted molar refractivity (Wildman–Crippen MR) is 357 cm³/mol. The Hall–Kier alpha value is -3.93. The van der Waals surface area contributed by atoms with Gasteiger partial charge in [0.25, 0.3) is 0 Å². The molecule has 0 aliphatic rings. The molecule has 0 N–H and O–H groups in total. The molecule has 0 amide bonds. The fourth-order valence-electron chi connectivity index (χ4n) is 9.88. The highest BCUT2D eigenvalue weighted by Gasteiger charge is 2.19. The smallest absolute Gasteiger partial charge is 0.306 e. The zero-order valence-corrected chi connectivity index (χ0v) is 54.0. The monoisotopic (exact) mass is 1140 g/mol. The first-order valence-electron chi connectivity index (χ1n) is 34.9. The van der Waals surface area contributed by atoms with Crippen LogP contribution >= 0.6 is 0 Å². The molecular formula is C76H130O6. The molecule has 82 heavy (non-hydrogen) atoms. The molecule has 1 atom stereocenters. The number of rotatable bonds is 63. The second-order valence-corrected chi connectivity index (χ2v) is 23.0. The molecular weight excluding hydrogens is 1010 g/mol. The number of hydrogen-bond acceptors (Lipinski definition) is 6. The van der Waals surface area contributed by atoms with Gasteiger partial charge in [0.15, 0.2) is 6.10 Å². The molecule has 0 spiro atoms. The molecule has 0 saturated heterocycles. The molecule has 0 heterocycles. The number of unbranched alkanes of at least 4 members (excludes halogenated alkanes) is 34. The number of hydrogen-bond donors (Lipinski definition) is 0. The van der Waals surface area contributed by atoms with Crippen LogP contribution in [-0.4, -0.2) is 37.2 Å². The van der Waals surface area contributed by atoms with E-state index in [9.17, 15) is 14.4 Å². The number of carbonyl (C=O) groups is 3. The zero-order chi connectivity index (χ0) is 59.2. The Labute approximate surface area is 508 Å². The van der Waals surface area contributed by atoms with Crippen molar-refractivity contribution >= 4 is 17.9 Å². The van der Waals surface area contributed by atoms with Crippen LogP contribution in [-0.2, 0) is 28.6 Å². The highest BCUT2D eigenvalue weighted by molar-refractivity contribution is 5.71. The lowest BCUT2D eigenvalue weighted by Gasteiger charge is -2.18. The third-order valence-electron chi connectivity index (χ3n) is 15.0. The summed E-state index contributed by atoms with van der Waals surface area (Å²) in [5.74, 6) is -0.964. The molecule has 1 unspecified atom stereocenters. The van der Waals surface area contributed by atoms with Gasteiger partial charge in [-0.3, -0.25) is 14.4 Å². The summed E-state index contributed by atoms with van der Waals surface area (Å²) in [6.45, 7) is 6.39. The molecule has 0 aromatic heterocycles. The number of esters is 3. The molecule has 0 radical (unpaired) electrons. The van der Waals surface area contributed by atoms with Crippen molar-refractivity contribution < 1.29 is 28.6 Å². The van der Waals surface area contributed by atoms with Crippen molar-refractivity contribution in [1.82, 2.24) is 0 Å². The van der Waals surface area contributed by atoms with E-state index in [0.29, 0.717) is 19.3 Å². The van der Waals surface area contributed by atoms with Crippen LogP contribution in [0, 0.1) is 0 Å². The van der Waals surface area contributed by atoms with Gasteiger partial charge in [0.05, 0.1) is 0 Å². The van der Waals surface area contributed by atoms with Gasteiger partial charge in [0.2, 0.25) is 0 Å². The molecule has 0 bridgehead atoms. The minimum absolute atomic E-state index is 0.100. The number of ether oxygens (including phenoxy) is 3. The maximum absolute atomic E-state index is 12.9. The van der Waals surface area contributed by atoms with Gasteiger partial charge in [-0.2, -0.15) is 0 Å². The van der Waals surface area contributed by atoms with Gasteiger partial charge in [-0.1, -0.05) is 329 Å². The highest BCUT2D eigenvalue weighted by atomic mass is 16.6. The third kappa shape index (κ3) is 66.9. The van der Waals surface area contributed by atoms with Crippen LogP contribution in [0.4, 0.5) is 0 Å². The molecule has 0 rings (SSSR count). The summed E-state index contributed by atoms with van der Waals surface area (Å²) in [6.07, 6.45) is 95.6. The van der Waals surface area contributed by atoms with Crippen molar-refractivity contribution in [2.24, 2.45) is 0 Å². The van der Waals surface area contributed by atoms with Crippen LogP contribution in [0.1, 0.15) is 335 Å². The summed E-state index contributed by atoms with van der Waals surface area (Å²) in [4.78, 5) is 38.4. The average molecular weight is 1140 g/mol. The maximum Gasteiger partial charge on any atom is 0.306 e. The lowest BCUT2D eigenvalue weighted by molar-refractivity contribution is -0.167. The first kappa shape index (κ1) is 78.1. The lowest BCUT2D eigenvalue weighted by Crippen LogP contribution is -2.30. The molecule has 6 heteroatoms. The van der Waals surface area contributed by atoms with Crippen molar-refractivity contribution in [1.29, 1.82) is 0 Å². The van der Waals surface area contributed by atoms with E-state index < -0.39 is 6.10 Å². The van der Waals surface area contributed by atoms with Crippen LogP contribution in [0.25, 0.3) is 0 Å². The predicted octanol–water partition coefficient (Wildman–Crippen LogP) is 24.2. The van der Waals surface area contributed by atoms with Gasteiger partial charge in [0, 0.05) is 19.3 Å². The van der Waals surface area contributed by atoms with Gasteiger partial charge in [-0.05, 0) is 96.3 Å². The van der Waals surface area contributed by atoms with Gasteiger partial charge < -0.3 is 14.2 Å². The molecule has 6 nitrogen and oxygen atoms in total. The molecule has 0 saturated carbocycles. The summed E-state index contributed by atoms with van der Waals surface area (Å²) in [5.41, 5.74) is 0. The molecule has 0 fully saturated rings. The van der Waals surface area contributed by atoms with E-state index in [1.54, 1.807) is 0 Å². The summed E-state index contributed by atoms with van der Waals surface area (Å²) < 4.78 is 16.9. The molecule has 0 aliphatic carbocycles. The number of allylic oxidation sites excluding steroid dienone is 18. The standard InChI is InChI=1S/C76H130O6/c1-4-7-10-13-16-19-22-25-28-31-33-34-35-36-37-38-39-40-41-43-45-48-51-54-57-60-63-66-69-75(78)81-72-73(71-80-74(77)68-65-62-59-56-53-50-47-44-30-27-24-21-18-15-12-9-6-3)82-76(79)70-67-64-61-58-55-52-49-46-42-32-29-26-23-20-17-14-11-8-5-2/h8-9,11-12,17-18,20-21,26-27,29-30,42,46-47,50,56,59,73H,4-7,10,13-16,19,22-25,28,31-41,43-45,48-49,51-55,57-58,60-72H2,1-3H3/b11-8-,12-9-,20-17-,21-18-,29-26-,30-27-,46-42-,50-47-,59-56-. The van der Waals surface area contributed by atoms with Gasteiger partial charge in [-0.25, -0.2) is 0 Å². The highest BCUT2D eigenvalue weighted by Crippen LogP contribution is 2.18. The first-order valence-corrected chi connectivity index (χ1v) is 34.9. The van der Waals surface area contributed by atoms with Crippen LogP contribution in [0.5, 0.6) is 0 Å². The van der Waals surface area contributed by atoms with E-state index in [2.05, 4.69) is 130 Å². The van der Waals surface area contributed by atoms with E-state index in [1.165, 1.54) is 173 Å². The third-order valence-corrected chi connectivity index (χ3v) is 15.0. The van der Waals surface area contributed by atoms with Crippen LogP contribution < -0.4 is 0 Å². The molecule has 470 valence electrons. The summed E-state index contributed by atoms with van der Waals surface area (Å²) in [6, 6.07) is 0. The Bertz CT molecular complexity index is 1640. The van der Waals surface area contributed by atoms with Gasteiger partial charge in [-0.15, -0.1) is 0 Å². The second kappa shape index (κ2) is 69.6. The van der Waals surface area contributed by atoms with Crippen molar-refractivity contribution in [2.45, 2.75) is 341 Å². The lowest BCUT2D eigenvalue weighted by atomic mass is 10.0. The Kier molecular flexibility index (Phi) is 66.2. The van der Waals surface area contributed by atoms with E-state index in [4.69, 9.17) is 14.2 Å². The normalized spacial score (nSPS) is 12.8. The first-order chi connectivity index (χ1) is 40.5. The minimum atomic E-state index is -0.812. The van der Waals surface area contributed by atoms with Crippen LogP contribution in [0.2, 0.25) is 0 Å². The number of carbonyl (C=O) groups excluding carboxylic acids is 3. The summed E-state index contributed by atoms with van der Waals surface area (Å²) >= 11 is 0. The van der Waals surface area contributed by atoms with Crippen molar-refractivity contribution in [3.63, 3.8) is 0 Å². The Balaban J connectivity index is 4.35. The van der Waals surface area contributed by atoms with E-state index in [-0.39, 0.29) is 37.5 Å². The average Bonchev–Trinajstić information content (AvgIpc) is 3.47. The summed E-state index contributed by atoms with van der Waals surface area (Å²) in [7, 11) is 0. The van der Waals surface area contributed by atoms with Gasteiger partial charge in [0.1, 0.15) is 13.2 Å². The van der Waals surface area contributed by atoms with Crippen LogP contribution in [0.15, 0.2) is 109 Å². The zero-order valence-electron chi connectivity index (χ0n) is 54.0. The SMILES string of the molecule is CC/C=C\C/C=C\C/C=C\C/C=C\C/C=C\CCCC(=O)OCC(COC(=O)CCCCCCCCCCCCCCCCCCCCCCCCCCCCCC)OC(=O)CCCCCCCC/C=C\C/C=C\C/C=C\C/C=C\CC. The largest absolute Gasteiger partial charge is 0.462 e. The molecule has 0 aliphatic heterocycles. The maximum atomic E-state index is 12.9. The summed E-state index contributed by atoms with van der Waals surface area (Å²) in [5, 5.41) is 0. The van der Waals surface area contributed by atoms with E-state index in [0.717, 1.165) is 116 Å². The Morgan fingerprint density at radius 3 is 0.793 bits per heavy atom. The topological polar surface area (TPSA) is 78.9 Å². The van der Waals surface area contributed by atoms with Crippen molar-refractivity contribution in [3.8, 4) is 0 Å². The molecule has 0 aromatic rings. The fourth-order valence-corrected chi connectivity index (χ4v) is 9.88. The van der Waals surface area contributed by atoms with Crippen molar-refractivity contribution in [2.75, 3.05) is 13.2 Å². The quantitative estimate of drug-likeness (QED) is 0.0261. The van der Waals surface area contributed by atoms with Crippen LogP contribution in [0.3, 0.4) is 0 Å². The van der Waals surface area contributed by atoms with E-state index in [1.807, 2.05) is 0 Å². The Morgan fingerprint density at radius 1 is 0.256 bits per heavy atom. The Morgan fingerprint density at radius 2 is 0.488 bits per heavy atom. The minimum Gasteiger partial charge on any atom is -0.462 e. The fraction of sp³-hybridized carbons (Fsp3) is 0.724. The van der Waals surface area contributed by atoms with E-state index >= 15 is 0 Å². The molecule has 0 aromatic carbocycles.